The number of nitro groups is 1. The number of carbonyl (C=O) groups excluding carboxylic acids is 1. The van der Waals surface area contributed by atoms with Gasteiger partial charge in [0.05, 0.1) is 10.5 Å². The summed E-state index contributed by atoms with van der Waals surface area (Å²) in [5, 5.41) is 14.6. The van der Waals surface area contributed by atoms with Gasteiger partial charge in [0, 0.05) is 28.4 Å². The molecule has 0 spiro atoms. The third kappa shape index (κ3) is 2.08. The van der Waals surface area contributed by atoms with Crippen LogP contribution in [0.15, 0.2) is 48.5 Å². The monoisotopic (exact) mass is 305 g/mol. The summed E-state index contributed by atoms with van der Waals surface area (Å²) in [7, 11) is 0. The molecule has 4 rings (SSSR count). The number of amides is 1. The minimum atomic E-state index is -0.423. The first-order valence-electron chi connectivity index (χ1n) is 7.02. The molecule has 0 aliphatic carbocycles. The van der Waals surface area contributed by atoms with E-state index in [0.717, 1.165) is 16.6 Å². The zero-order chi connectivity index (χ0) is 16.0. The Kier molecular flexibility index (Phi) is 2.77. The SMILES string of the molecule is O=C1Nc2ccccc2/C1=C/c1cc2cccc([N+](=O)[O-])c2[nH]1. The molecule has 1 aliphatic rings. The summed E-state index contributed by atoms with van der Waals surface area (Å²) in [6.07, 6.45) is 1.71. The van der Waals surface area contributed by atoms with Gasteiger partial charge in [0.1, 0.15) is 5.52 Å². The summed E-state index contributed by atoms with van der Waals surface area (Å²) in [6, 6.07) is 14.1. The summed E-state index contributed by atoms with van der Waals surface area (Å²) < 4.78 is 0. The van der Waals surface area contributed by atoms with Crippen molar-refractivity contribution in [2.45, 2.75) is 0 Å². The first-order chi connectivity index (χ1) is 11.1. The number of aromatic amines is 1. The fourth-order valence-electron chi connectivity index (χ4n) is 2.83. The molecule has 6 nitrogen and oxygen atoms in total. The second kappa shape index (κ2) is 4.81. The number of benzene rings is 2. The highest BCUT2D eigenvalue weighted by Crippen LogP contribution is 2.33. The van der Waals surface area contributed by atoms with Crippen LogP contribution in [0.4, 0.5) is 11.4 Å². The maximum absolute atomic E-state index is 12.1. The molecule has 2 N–H and O–H groups in total. The van der Waals surface area contributed by atoms with Gasteiger partial charge >= 0.3 is 0 Å². The van der Waals surface area contributed by atoms with E-state index in [2.05, 4.69) is 10.3 Å². The second-order valence-electron chi connectivity index (χ2n) is 5.28. The third-order valence-electron chi connectivity index (χ3n) is 3.86. The lowest BCUT2D eigenvalue weighted by Crippen LogP contribution is -2.03. The smallest absolute Gasteiger partial charge is 0.293 e. The van der Waals surface area contributed by atoms with Crippen molar-refractivity contribution in [1.82, 2.24) is 4.98 Å². The van der Waals surface area contributed by atoms with Gasteiger partial charge in [-0.15, -0.1) is 0 Å². The van der Waals surface area contributed by atoms with E-state index in [1.807, 2.05) is 24.3 Å². The lowest BCUT2D eigenvalue weighted by atomic mass is 10.1. The number of non-ortho nitro benzene ring substituents is 1. The van der Waals surface area contributed by atoms with Crippen LogP contribution in [0.3, 0.4) is 0 Å². The number of hydrogen-bond donors (Lipinski definition) is 2. The fourth-order valence-corrected chi connectivity index (χ4v) is 2.83. The number of para-hydroxylation sites is 2. The van der Waals surface area contributed by atoms with E-state index >= 15 is 0 Å². The van der Waals surface area contributed by atoms with Gasteiger partial charge in [0.25, 0.3) is 11.6 Å². The van der Waals surface area contributed by atoms with Crippen LogP contribution in [0.5, 0.6) is 0 Å². The zero-order valence-electron chi connectivity index (χ0n) is 11.9. The number of anilines is 1. The molecule has 1 aromatic heterocycles. The number of fused-ring (bicyclic) bond motifs is 2. The molecule has 0 saturated carbocycles. The van der Waals surface area contributed by atoms with Crippen molar-refractivity contribution in [3.05, 3.63) is 69.9 Å². The molecule has 0 atom stereocenters. The number of nitrogens with one attached hydrogen (secondary N) is 2. The van der Waals surface area contributed by atoms with Crippen molar-refractivity contribution >= 4 is 39.8 Å². The molecule has 0 unspecified atom stereocenters. The fraction of sp³-hybridized carbons (Fsp3) is 0. The Balaban J connectivity index is 1.86. The van der Waals surface area contributed by atoms with E-state index < -0.39 is 4.92 Å². The molecule has 0 fully saturated rings. The van der Waals surface area contributed by atoms with Gasteiger partial charge in [-0.2, -0.15) is 0 Å². The standard InChI is InChI=1S/C17H11N3O3/c21-17-13(12-5-1-2-6-14(12)19-17)9-11-8-10-4-3-7-15(20(22)23)16(10)18-11/h1-9,18H,(H,19,21)/b13-9-. The Morgan fingerprint density at radius 1 is 1.09 bits per heavy atom. The molecule has 2 heterocycles. The van der Waals surface area contributed by atoms with Crippen molar-refractivity contribution < 1.29 is 9.72 Å². The zero-order valence-corrected chi connectivity index (χ0v) is 11.9. The minimum Gasteiger partial charge on any atom is -0.349 e. The molecular weight excluding hydrogens is 294 g/mol. The highest BCUT2D eigenvalue weighted by Gasteiger charge is 2.23. The molecule has 3 aromatic rings. The normalized spacial score (nSPS) is 15.0. The number of nitro benzene ring substituents is 1. The van der Waals surface area contributed by atoms with Gasteiger partial charge in [0.15, 0.2) is 0 Å². The molecule has 23 heavy (non-hydrogen) atoms. The van der Waals surface area contributed by atoms with Crippen molar-refractivity contribution in [1.29, 1.82) is 0 Å². The molecule has 0 saturated heterocycles. The second-order valence-corrected chi connectivity index (χ2v) is 5.28. The highest BCUT2D eigenvalue weighted by atomic mass is 16.6. The quantitative estimate of drug-likeness (QED) is 0.431. The lowest BCUT2D eigenvalue weighted by molar-refractivity contribution is -0.383. The van der Waals surface area contributed by atoms with Crippen LogP contribution >= 0.6 is 0 Å². The number of H-pyrrole nitrogens is 1. The van der Waals surface area contributed by atoms with Gasteiger partial charge in [-0.1, -0.05) is 30.3 Å². The summed E-state index contributed by atoms with van der Waals surface area (Å²) in [6.45, 7) is 0. The van der Waals surface area contributed by atoms with Crippen LogP contribution < -0.4 is 5.32 Å². The number of rotatable bonds is 2. The largest absolute Gasteiger partial charge is 0.349 e. The summed E-state index contributed by atoms with van der Waals surface area (Å²) in [4.78, 5) is 25.8. The molecular formula is C17H11N3O3. The molecule has 6 heteroatoms. The van der Waals surface area contributed by atoms with E-state index in [-0.39, 0.29) is 11.6 Å². The average molecular weight is 305 g/mol. The number of nitrogens with zero attached hydrogens (tertiary/aromatic N) is 1. The summed E-state index contributed by atoms with van der Waals surface area (Å²) in [5.74, 6) is -0.181. The predicted molar refractivity (Wildman–Crippen MR) is 87.9 cm³/mol. The number of carbonyl (C=O) groups is 1. The van der Waals surface area contributed by atoms with Crippen LogP contribution in [-0.2, 0) is 4.79 Å². The van der Waals surface area contributed by atoms with Crippen molar-refractivity contribution in [2.24, 2.45) is 0 Å². The Bertz CT molecular complexity index is 1000. The van der Waals surface area contributed by atoms with Crippen LogP contribution in [0, 0.1) is 10.1 Å². The topological polar surface area (TPSA) is 88.0 Å². The minimum absolute atomic E-state index is 0.0171. The molecule has 0 bridgehead atoms. The highest BCUT2D eigenvalue weighted by molar-refractivity contribution is 6.34. The van der Waals surface area contributed by atoms with Crippen molar-refractivity contribution in [3.8, 4) is 0 Å². The predicted octanol–water partition coefficient (Wildman–Crippen LogP) is 3.57. The van der Waals surface area contributed by atoms with E-state index in [1.54, 1.807) is 24.3 Å². The van der Waals surface area contributed by atoms with E-state index in [1.165, 1.54) is 6.07 Å². The maximum Gasteiger partial charge on any atom is 0.293 e. The Morgan fingerprint density at radius 2 is 1.91 bits per heavy atom. The van der Waals surface area contributed by atoms with Gasteiger partial charge < -0.3 is 10.3 Å². The molecule has 2 aromatic carbocycles. The van der Waals surface area contributed by atoms with E-state index in [9.17, 15) is 14.9 Å². The number of aromatic nitrogens is 1. The van der Waals surface area contributed by atoms with Crippen molar-refractivity contribution in [3.63, 3.8) is 0 Å². The summed E-state index contributed by atoms with van der Waals surface area (Å²) in [5.41, 5.74) is 3.25. The molecule has 1 amide bonds. The summed E-state index contributed by atoms with van der Waals surface area (Å²) >= 11 is 0. The maximum atomic E-state index is 12.1. The third-order valence-corrected chi connectivity index (χ3v) is 3.86. The molecule has 0 radical (unpaired) electrons. The van der Waals surface area contributed by atoms with Gasteiger partial charge in [-0.05, 0) is 18.2 Å². The van der Waals surface area contributed by atoms with Crippen LogP contribution in [0.2, 0.25) is 0 Å². The Morgan fingerprint density at radius 3 is 2.74 bits per heavy atom. The van der Waals surface area contributed by atoms with Crippen LogP contribution in [0.1, 0.15) is 11.3 Å². The first-order valence-corrected chi connectivity index (χ1v) is 7.02. The number of hydrogen-bond acceptors (Lipinski definition) is 3. The Hall–Kier alpha value is -3.41. The molecule has 1 aliphatic heterocycles. The lowest BCUT2D eigenvalue weighted by Gasteiger charge is -1.96. The van der Waals surface area contributed by atoms with Gasteiger partial charge in [0.2, 0.25) is 0 Å². The van der Waals surface area contributed by atoms with Crippen molar-refractivity contribution in [2.75, 3.05) is 5.32 Å². The first kappa shape index (κ1) is 13.3. The average Bonchev–Trinajstić information content (AvgIpc) is 3.08. The molecule has 112 valence electrons. The van der Waals surface area contributed by atoms with Crippen LogP contribution in [-0.4, -0.2) is 15.8 Å². The Labute approximate surface area is 130 Å². The van der Waals surface area contributed by atoms with Crippen LogP contribution in [0.25, 0.3) is 22.6 Å². The van der Waals surface area contributed by atoms with E-state index in [4.69, 9.17) is 0 Å². The van der Waals surface area contributed by atoms with E-state index in [0.29, 0.717) is 16.8 Å². The van der Waals surface area contributed by atoms with Gasteiger partial charge in [-0.25, -0.2) is 0 Å². The van der Waals surface area contributed by atoms with Gasteiger partial charge in [-0.3, -0.25) is 14.9 Å².